The Morgan fingerprint density at radius 2 is 2.00 bits per heavy atom. The van der Waals surface area contributed by atoms with Gasteiger partial charge < -0.3 is 25.7 Å². The minimum atomic E-state index is -1.59. The number of hydroxylamine groups is 2. The average molecular weight is 231 g/mol. The standard InChI is InChI=1S/C9H17N3O4/c1-8(2)11-7(6(10)5-13)9(15-3,16-4)12(8)14/h5,11,14H,10H2,1-4H3/b7-6+. The van der Waals surface area contributed by atoms with Crippen molar-refractivity contribution in [2.24, 2.45) is 5.73 Å². The molecule has 7 heteroatoms. The van der Waals surface area contributed by atoms with Crippen LogP contribution in [0, 0.1) is 0 Å². The fraction of sp³-hybridized carbons (Fsp3) is 0.667. The molecule has 0 saturated carbocycles. The van der Waals surface area contributed by atoms with Crippen LogP contribution in [0.2, 0.25) is 0 Å². The SMILES string of the molecule is COC1(OC)/C(=C(\N)C=O)NC(C)(C)N1O. The highest BCUT2D eigenvalue weighted by Gasteiger charge is 2.56. The third kappa shape index (κ3) is 1.57. The van der Waals surface area contributed by atoms with Crippen LogP contribution in [0.1, 0.15) is 13.8 Å². The molecule has 1 heterocycles. The van der Waals surface area contributed by atoms with Crippen molar-refractivity contribution >= 4 is 6.29 Å². The average Bonchev–Trinajstić information content (AvgIpc) is 2.47. The Hall–Kier alpha value is -1.15. The molecule has 16 heavy (non-hydrogen) atoms. The number of methoxy groups -OCH3 is 2. The predicted molar refractivity (Wildman–Crippen MR) is 54.9 cm³/mol. The molecule has 0 atom stereocenters. The number of nitrogens with one attached hydrogen (secondary N) is 1. The van der Waals surface area contributed by atoms with Crippen LogP contribution in [-0.2, 0) is 14.3 Å². The van der Waals surface area contributed by atoms with E-state index < -0.39 is 11.6 Å². The van der Waals surface area contributed by atoms with E-state index in [9.17, 15) is 10.0 Å². The molecule has 92 valence electrons. The number of allylic oxidation sites excluding steroid dienone is 1. The van der Waals surface area contributed by atoms with E-state index in [0.29, 0.717) is 6.29 Å². The van der Waals surface area contributed by atoms with E-state index in [1.54, 1.807) is 13.8 Å². The van der Waals surface area contributed by atoms with Gasteiger partial charge in [-0.1, -0.05) is 0 Å². The second-order valence-electron chi connectivity index (χ2n) is 3.93. The molecular weight excluding hydrogens is 214 g/mol. The fourth-order valence-electron chi connectivity index (χ4n) is 1.69. The summed E-state index contributed by atoms with van der Waals surface area (Å²) >= 11 is 0. The van der Waals surface area contributed by atoms with Gasteiger partial charge in [0, 0.05) is 14.2 Å². The van der Waals surface area contributed by atoms with Crippen molar-refractivity contribution in [3.05, 3.63) is 11.4 Å². The van der Waals surface area contributed by atoms with E-state index in [-0.39, 0.29) is 11.4 Å². The molecule has 0 aromatic heterocycles. The number of carbonyl (C=O) groups is 1. The van der Waals surface area contributed by atoms with Crippen molar-refractivity contribution < 1.29 is 19.5 Å². The Bertz CT molecular complexity index is 323. The largest absolute Gasteiger partial charge is 0.394 e. The molecule has 0 unspecified atom stereocenters. The molecule has 0 amide bonds. The van der Waals surface area contributed by atoms with Crippen molar-refractivity contribution in [3.8, 4) is 0 Å². The zero-order valence-electron chi connectivity index (χ0n) is 9.77. The topological polar surface area (TPSA) is 97.0 Å². The normalized spacial score (nSPS) is 26.3. The lowest BCUT2D eigenvalue weighted by Crippen LogP contribution is -2.53. The quantitative estimate of drug-likeness (QED) is 0.337. The number of rotatable bonds is 3. The molecule has 0 spiro atoms. The lowest BCUT2D eigenvalue weighted by molar-refractivity contribution is -0.367. The Morgan fingerprint density at radius 1 is 1.50 bits per heavy atom. The Labute approximate surface area is 93.7 Å². The molecule has 0 aromatic carbocycles. The summed E-state index contributed by atoms with van der Waals surface area (Å²) in [5.41, 5.74) is 4.76. The third-order valence-corrected chi connectivity index (χ3v) is 2.52. The molecule has 4 N–H and O–H groups in total. The van der Waals surface area contributed by atoms with E-state index in [4.69, 9.17) is 15.2 Å². The smallest absolute Gasteiger partial charge is 0.299 e. The van der Waals surface area contributed by atoms with Gasteiger partial charge in [0.25, 0.3) is 5.91 Å². The molecule has 1 aliphatic rings. The van der Waals surface area contributed by atoms with Gasteiger partial charge in [0.2, 0.25) is 0 Å². The van der Waals surface area contributed by atoms with E-state index in [1.807, 2.05) is 0 Å². The highest BCUT2D eigenvalue weighted by atomic mass is 16.8. The molecular formula is C9H17N3O4. The molecule has 1 rings (SSSR count). The predicted octanol–water partition coefficient (Wildman–Crippen LogP) is -0.667. The Morgan fingerprint density at radius 3 is 2.38 bits per heavy atom. The number of aldehydes is 1. The maximum atomic E-state index is 10.7. The van der Waals surface area contributed by atoms with Crippen LogP contribution in [0.25, 0.3) is 0 Å². The van der Waals surface area contributed by atoms with E-state index in [0.717, 1.165) is 5.06 Å². The van der Waals surface area contributed by atoms with Crippen molar-refractivity contribution in [3.63, 3.8) is 0 Å². The first kappa shape index (κ1) is 12.9. The van der Waals surface area contributed by atoms with Crippen LogP contribution < -0.4 is 11.1 Å². The number of nitrogens with two attached hydrogens (primary N) is 1. The third-order valence-electron chi connectivity index (χ3n) is 2.52. The minimum absolute atomic E-state index is 0.0895. The van der Waals surface area contributed by atoms with Gasteiger partial charge in [0.1, 0.15) is 11.4 Å². The summed E-state index contributed by atoms with van der Waals surface area (Å²) in [7, 11) is 2.68. The van der Waals surface area contributed by atoms with Crippen LogP contribution in [0.5, 0.6) is 0 Å². The zero-order valence-corrected chi connectivity index (χ0v) is 9.77. The molecule has 7 nitrogen and oxygen atoms in total. The number of ether oxygens (including phenoxy) is 2. The second-order valence-corrected chi connectivity index (χ2v) is 3.93. The highest BCUT2D eigenvalue weighted by Crippen LogP contribution is 2.37. The first-order chi connectivity index (χ1) is 7.35. The van der Waals surface area contributed by atoms with Crippen LogP contribution in [0.15, 0.2) is 11.4 Å². The molecule has 1 aliphatic heterocycles. The Balaban J connectivity index is 3.35. The minimum Gasteiger partial charge on any atom is -0.394 e. The van der Waals surface area contributed by atoms with Crippen LogP contribution in [-0.4, -0.2) is 42.4 Å². The highest BCUT2D eigenvalue weighted by molar-refractivity contribution is 5.73. The molecule has 0 aromatic rings. The number of carbonyl (C=O) groups excluding carboxylic acids is 1. The summed E-state index contributed by atoms with van der Waals surface area (Å²) in [4.78, 5) is 10.7. The van der Waals surface area contributed by atoms with Gasteiger partial charge in [-0.25, -0.2) is 0 Å². The second kappa shape index (κ2) is 4.02. The lowest BCUT2D eigenvalue weighted by atomic mass is 10.3. The van der Waals surface area contributed by atoms with Gasteiger partial charge in [-0.15, -0.1) is 5.06 Å². The summed E-state index contributed by atoms with van der Waals surface area (Å²) in [6, 6.07) is 0. The number of nitrogens with zero attached hydrogens (tertiary/aromatic N) is 1. The van der Waals surface area contributed by atoms with E-state index >= 15 is 0 Å². The number of hydrogen-bond acceptors (Lipinski definition) is 7. The first-order valence-electron chi connectivity index (χ1n) is 4.69. The maximum absolute atomic E-state index is 10.7. The van der Waals surface area contributed by atoms with Crippen molar-refractivity contribution in [1.82, 2.24) is 10.4 Å². The Kier molecular flexibility index (Phi) is 3.25. The molecule has 0 radical (unpaired) electrons. The summed E-state index contributed by atoms with van der Waals surface area (Å²) < 4.78 is 10.3. The van der Waals surface area contributed by atoms with Crippen LogP contribution in [0.3, 0.4) is 0 Å². The first-order valence-corrected chi connectivity index (χ1v) is 4.69. The van der Waals surface area contributed by atoms with Crippen LogP contribution in [0.4, 0.5) is 0 Å². The molecule has 1 fully saturated rings. The summed E-state index contributed by atoms with van der Waals surface area (Å²) in [6.45, 7) is 3.37. The molecule has 1 saturated heterocycles. The van der Waals surface area contributed by atoms with Gasteiger partial charge in [0.05, 0.1) is 5.70 Å². The van der Waals surface area contributed by atoms with Crippen molar-refractivity contribution in [2.75, 3.05) is 14.2 Å². The van der Waals surface area contributed by atoms with Crippen LogP contribution >= 0.6 is 0 Å². The number of hydrogen-bond donors (Lipinski definition) is 3. The summed E-state index contributed by atoms with van der Waals surface area (Å²) in [5, 5.41) is 13.7. The summed E-state index contributed by atoms with van der Waals surface area (Å²) in [6.07, 6.45) is 0.463. The molecule has 0 bridgehead atoms. The van der Waals surface area contributed by atoms with Gasteiger partial charge in [-0.05, 0) is 13.8 Å². The monoisotopic (exact) mass is 231 g/mol. The van der Waals surface area contributed by atoms with Gasteiger partial charge in [0.15, 0.2) is 6.29 Å². The van der Waals surface area contributed by atoms with Crippen molar-refractivity contribution in [2.45, 2.75) is 25.4 Å². The molecule has 0 aliphatic carbocycles. The van der Waals surface area contributed by atoms with Gasteiger partial charge >= 0.3 is 0 Å². The lowest BCUT2D eigenvalue weighted by Gasteiger charge is -2.34. The maximum Gasteiger partial charge on any atom is 0.299 e. The van der Waals surface area contributed by atoms with E-state index in [1.165, 1.54) is 14.2 Å². The van der Waals surface area contributed by atoms with Gasteiger partial charge in [-0.2, -0.15) is 0 Å². The van der Waals surface area contributed by atoms with E-state index in [2.05, 4.69) is 5.32 Å². The summed E-state index contributed by atoms with van der Waals surface area (Å²) in [5.74, 6) is -1.59. The van der Waals surface area contributed by atoms with Gasteiger partial charge in [-0.3, -0.25) is 4.79 Å². The van der Waals surface area contributed by atoms with Crippen molar-refractivity contribution in [1.29, 1.82) is 0 Å². The fourth-order valence-corrected chi connectivity index (χ4v) is 1.69. The zero-order chi connectivity index (χ0) is 12.6.